The smallest absolute Gasteiger partial charge is 0.266 e. The molecule has 0 unspecified atom stereocenters. The monoisotopic (exact) mass is 422 g/mol. The van der Waals surface area contributed by atoms with Gasteiger partial charge in [0.05, 0.1) is 5.69 Å². The Hall–Kier alpha value is -1.97. The lowest BCUT2D eigenvalue weighted by Crippen LogP contribution is -2.14. The zero-order valence-corrected chi connectivity index (χ0v) is 14.3. The minimum absolute atomic E-state index is 0.0187. The van der Waals surface area contributed by atoms with Crippen molar-refractivity contribution in [3.8, 4) is 6.07 Å². The fourth-order valence-electron chi connectivity index (χ4n) is 1.65. The van der Waals surface area contributed by atoms with Crippen molar-refractivity contribution in [2.24, 2.45) is 0 Å². The first-order valence-electron chi connectivity index (χ1n) is 6.13. The summed E-state index contributed by atoms with van der Waals surface area (Å²) in [5.41, 5.74) is 0.612. The van der Waals surface area contributed by atoms with Gasteiger partial charge in [-0.05, 0) is 42.0 Å². The molecule has 110 valence electrons. The van der Waals surface area contributed by atoms with Crippen LogP contribution in [0.5, 0.6) is 0 Å². The number of benzene rings is 2. The average molecular weight is 424 g/mol. The Bertz CT molecular complexity index is 780. The van der Waals surface area contributed by atoms with Crippen molar-refractivity contribution in [2.45, 2.75) is 0 Å². The van der Waals surface area contributed by atoms with Gasteiger partial charge in [-0.25, -0.2) is 4.39 Å². The van der Waals surface area contributed by atoms with E-state index < -0.39 is 11.7 Å². The fraction of sp³-hybridized carbons (Fsp3) is 0. The Balaban J connectivity index is 2.22. The van der Waals surface area contributed by atoms with Crippen molar-refractivity contribution in [3.63, 3.8) is 0 Å². The number of hydrogen-bond donors (Lipinski definition) is 1. The van der Waals surface area contributed by atoms with Crippen LogP contribution in [-0.2, 0) is 4.79 Å². The highest BCUT2D eigenvalue weighted by Crippen LogP contribution is 2.20. The molecule has 0 aromatic heterocycles. The second kappa shape index (κ2) is 7.34. The van der Waals surface area contributed by atoms with Crippen LogP contribution in [0.25, 0.3) is 6.08 Å². The van der Waals surface area contributed by atoms with E-state index >= 15 is 0 Å². The number of carbonyl (C=O) groups is 1. The van der Waals surface area contributed by atoms with Crippen LogP contribution in [0.1, 0.15) is 5.56 Å². The van der Waals surface area contributed by atoms with Crippen molar-refractivity contribution in [3.05, 3.63) is 68.4 Å². The van der Waals surface area contributed by atoms with Crippen LogP contribution in [0.2, 0.25) is 0 Å². The molecule has 1 amide bonds. The van der Waals surface area contributed by atoms with Gasteiger partial charge in [0.2, 0.25) is 0 Å². The third-order valence-electron chi connectivity index (χ3n) is 2.73. The first-order chi connectivity index (χ1) is 10.5. The highest BCUT2D eigenvalue weighted by molar-refractivity contribution is 9.10. The van der Waals surface area contributed by atoms with Crippen LogP contribution in [0.4, 0.5) is 10.1 Å². The van der Waals surface area contributed by atoms with Gasteiger partial charge >= 0.3 is 0 Å². The van der Waals surface area contributed by atoms with Crippen molar-refractivity contribution < 1.29 is 9.18 Å². The Kier molecular flexibility index (Phi) is 5.47. The fourth-order valence-corrected chi connectivity index (χ4v) is 2.25. The molecular weight excluding hydrogens is 415 g/mol. The van der Waals surface area contributed by atoms with Gasteiger partial charge in [-0.3, -0.25) is 4.79 Å². The number of anilines is 1. The minimum Gasteiger partial charge on any atom is -0.319 e. The molecule has 0 aliphatic rings. The highest BCUT2D eigenvalue weighted by atomic mass is 79.9. The summed E-state index contributed by atoms with van der Waals surface area (Å²) in [4.78, 5) is 12.1. The van der Waals surface area contributed by atoms with E-state index in [1.165, 1.54) is 18.2 Å². The van der Waals surface area contributed by atoms with Gasteiger partial charge in [0.25, 0.3) is 5.91 Å². The summed E-state index contributed by atoms with van der Waals surface area (Å²) >= 11 is 6.44. The van der Waals surface area contributed by atoms with Crippen molar-refractivity contribution in [1.29, 1.82) is 5.26 Å². The number of carbonyl (C=O) groups excluding carboxylic acids is 1. The second-order valence-electron chi connectivity index (χ2n) is 4.30. The maximum absolute atomic E-state index is 13.7. The summed E-state index contributed by atoms with van der Waals surface area (Å²) in [6, 6.07) is 13.2. The molecule has 0 aliphatic carbocycles. The summed E-state index contributed by atoms with van der Waals surface area (Å²) in [7, 11) is 0. The Morgan fingerprint density at radius 3 is 2.36 bits per heavy atom. The number of nitriles is 1. The predicted octanol–water partition coefficient (Wildman–Crippen LogP) is 4.90. The van der Waals surface area contributed by atoms with Crippen molar-refractivity contribution >= 4 is 49.5 Å². The largest absolute Gasteiger partial charge is 0.319 e. The molecule has 6 heteroatoms. The van der Waals surface area contributed by atoms with E-state index in [2.05, 4.69) is 37.2 Å². The first kappa shape index (κ1) is 16.4. The molecule has 0 bridgehead atoms. The zero-order valence-electron chi connectivity index (χ0n) is 11.1. The Morgan fingerprint density at radius 2 is 1.77 bits per heavy atom. The number of halogens is 3. The van der Waals surface area contributed by atoms with E-state index in [-0.39, 0.29) is 11.3 Å². The highest BCUT2D eigenvalue weighted by Gasteiger charge is 2.12. The molecule has 0 atom stereocenters. The minimum atomic E-state index is -0.661. The first-order valence-corrected chi connectivity index (χ1v) is 7.72. The molecule has 3 nitrogen and oxygen atoms in total. The normalized spacial score (nSPS) is 10.9. The van der Waals surface area contributed by atoms with Crippen LogP contribution in [0.3, 0.4) is 0 Å². The van der Waals surface area contributed by atoms with E-state index in [1.807, 2.05) is 6.07 Å². The third-order valence-corrected chi connectivity index (χ3v) is 3.75. The van der Waals surface area contributed by atoms with Gasteiger partial charge in [0.1, 0.15) is 17.5 Å². The van der Waals surface area contributed by atoms with Gasteiger partial charge in [-0.1, -0.05) is 44.0 Å². The standard InChI is InChI=1S/C16H9Br2FN2O/c17-12-3-1-10(2-4-12)7-11(9-20)16(22)21-15-6-5-13(18)8-14(15)19/h1-8H,(H,21,22)/b11-7+. The molecule has 2 aromatic rings. The molecule has 1 N–H and O–H groups in total. The van der Waals surface area contributed by atoms with Crippen molar-refractivity contribution in [1.82, 2.24) is 0 Å². The lowest BCUT2D eigenvalue weighted by Gasteiger charge is -2.06. The van der Waals surface area contributed by atoms with Gasteiger partial charge in [-0.15, -0.1) is 0 Å². The van der Waals surface area contributed by atoms with Gasteiger partial charge < -0.3 is 5.32 Å². The molecule has 0 saturated heterocycles. The SMILES string of the molecule is N#C/C(=C\c1ccc(Br)cc1)C(=O)Nc1ccc(Br)cc1F. The Labute approximate surface area is 143 Å². The molecule has 0 heterocycles. The van der Waals surface area contributed by atoms with Crippen LogP contribution in [0, 0.1) is 17.1 Å². The summed E-state index contributed by atoms with van der Waals surface area (Å²) in [5.74, 6) is -1.24. The molecule has 0 spiro atoms. The van der Waals surface area contributed by atoms with Gasteiger partial charge in [0.15, 0.2) is 0 Å². The summed E-state index contributed by atoms with van der Waals surface area (Å²) in [6.07, 6.45) is 1.44. The zero-order chi connectivity index (χ0) is 16.1. The van der Waals surface area contributed by atoms with E-state index in [0.717, 1.165) is 4.47 Å². The van der Waals surface area contributed by atoms with Crippen LogP contribution in [0.15, 0.2) is 57.0 Å². The number of hydrogen-bond acceptors (Lipinski definition) is 2. The average Bonchev–Trinajstić information content (AvgIpc) is 2.49. The second-order valence-corrected chi connectivity index (χ2v) is 6.13. The van der Waals surface area contributed by atoms with E-state index in [1.54, 1.807) is 30.3 Å². The molecule has 0 aliphatic heterocycles. The Morgan fingerprint density at radius 1 is 1.14 bits per heavy atom. The van der Waals surface area contributed by atoms with Crippen molar-refractivity contribution in [2.75, 3.05) is 5.32 Å². The molecule has 2 rings (SSSR count). The van der Waals surface area contributed by atoms with Crippen LogP contribution >= 0.6 is 31.9 Å². The topological polar surface area (TPSA) is 52.9 Å². The number of amides is 1. The third kappa shape index (κ3) is 4.26. The molecule has 22 heavy (non-hydrogen) atoms. The van der Waals surface area contributed by atoms with Gasteiger partial charge in [-0.2, -0.15) is 5.26 Å². The number of nitrogens with zero attached hydrogens (tertiary/aromatic N) is 1. The van der Waals surface area contributed by atoms with E-state index in [4.69, 9.17) is 5.26 Å². The molecule has 2 aromatic carbocycles. The summed E-state index contributed by atoms with van der Waals surface area (Å²) < 4.78 is 15.2. The quantitative estimate of drug-likeness (QED) is 0.564. The maximum Gasteiger partial charge on any atom is 0.266 e. The summed E-state index contributed by atoms with van der Waals surface area (Å²) in [5, 5.41) is 11.5. The number of rotatable bonds is 3. The number of nitrogens with one attached hydrogen (secondary N) is 1. The maximum atomic E-state index is 13.7. The van der Waals surface area contributed by atoms with E-state index in [0.29, 0.717) is 10.0 Å². The predicted molar refractivity (Wildman–Crippen MR) is 90.5 cm³/mol. The lowest BCUT2D eigenvalue weighted by atomic mass is 10.1. The van der Waals surface area contributed by atoms with Gasteiger partial charge in [0, 0.05) is 8.95 Å². The summed E-state index contributed by atoms with van der Waals surface area (Å²) in [6.45, 7) is 0. The lowest BCUT2D eigenvalue weighted by molar-refractivity contribution is -0.112. The van der Waals surface area contributed by atoms with Crippen LogP contribution in [-0.4, -0.2) is 5.91 Å². The molecule has 0 saturated carbocycles. The molecule has 0 fully saturated rings. The van der Waals surface area contributed by atoms with E-state index in [9.17, 15) is 9.18 Å². The molecule has 0 radical (unpaired) electrons. The molecular formula is C16H9Br2FN2O. The van der Waals surface area contributed by atoms with Crippen LogP contribution < -0.4 is 5.32 Å².